The molecule has 0 saturated carbocycles. The molecule has 0 spiro atoms. The maximum atomic E-state index is 9.99. The molecular formula is C13H22O. The zero-order valence-electron chi connectivity index (χ0n) is 9.75. The van der Waals surface area contributed by atoms with Crippen molar-refractivity contribution in [3.63, 3.8) is 0 Å². The van der Waals surface area contributed by atoms with Gasteiger partial charge in [0.2, 0.25) is 0 Å². The average Bonchev–Trinajstić information content (AvgIpc) is 2.22. The molecular weight excluding hydrogens is 172 g/mol. The van der Waals surface area contributed by atoms with E-state index < -0.39 is 5.60 Å². The van der Waals surface area contributed by atoms with Crippen molar-refractivity contribution in [1.82, 2.24) is 0 Å². The first-order valence-electron chi connectivity index (χ1n) is 5.44. The van der Waals surface area contributed by atoms with Gasteiger partial charge in [0, 0.05) is 0 Å². The molecule has 0 fully saturated rings. The standard InChI is InChI=1S/C11H16O.C2H6/c1-3-9-11(2,12)10-7-5-4-6-8-10;1-2/h4-8,12H,3,9H2,1-2H3;1-2H3. The van der Waals surface area contributed by atoms with E-state index in [0.29, 0.717) is 0 Å². The van der Waals surface area contributed by atoms with Crippen LogP contribution in [0.2, 0.25) is 0 Å². The molecule has 0 bridgehead atoms. The highest BCUT2D eigenvalue weighted by Crippen LogP contribution is 2.24. The molecule has 80 valence electrons. The molecule has 0 heterocycles. The van der Waals surface area contributed by atoms with E-state index in [4.69, 9.17) is 0 Å². The van der Waals surface area contributed by atoms with Gasteiger partial charge in [-0.1, -0.05) is 57.5 Å². The van der Waals surface area contributed by atoms with E-state index in [1.807, 2.05) is 51.1 Å². The summed E-state index contributed by atoms with van der Waals surface area (Å²) in [6, 6.07) is 9.82. The fourth-order valence-electron chi connectivity index (χ4n) is 1.43. The summed E-state index contributed by atoms with van der Waals surface area (Å²) in [5.74, 6) is 0. The Morgan fingerprint density at radius 2 is 1.64 bits per heavy atom. The van der Waals surface area contributed by atoms with Gasteiger partial charge >= 0.3 is 0 Å². The Bertz CT molecular complexity index is 226. The van der Waals surface area contributed by atoms with Crippen LogP contribution in [0.3, 0.4) is 0 Å². The lowest BCUT2D eigenvalue weighted by Gasteiger charge is -2.22. The van der Waals surface area contributed by atoms with Gasteiger partial charge in [-0.25, -0.2) is 0 Å². The van der Waals surface area contributed by atoms with Crippen LogP contribution in [0.5, 0.6) is 0 Å². The molecule has 1 heteroatoms. The van der Waals surface area contributed by atoms with Crippen molar-refractivity contribution in [2.75, 3.05) is 0 Å². The molecule has 1 N–H and O–H groups in total. The average molecular weight is 194 g/mol. The Labute approximate surface area is 87.8 Å². The lowest BCUT2D eigenvalue weighted by atomic mass is 9.92. The third kappa shape index (κ3) is 3.93. The van der Waals surface area contributed by atoms with Crippen LogP contribution in [-0.2, 0) is 5.60 Å². The van der Waals surface area contributed by atoms with Gasteiger partial charge in [-0.3, -0.25) is 0 Å². The number of benzene rings is 1. The van der Waals surface area contributed by atoms with Crippen LogP contribution in [-0.4, -0.2) is 5.11 Å². The zero-order chi connectivity index (χ0) is 11.0. The summed E-state index contributed by atoms with van der Waals surface area (Å²) < 4.78 is 0. The van der Waals surface area contributed by atoms with Crippen LogP contribution in [0.25, 0.3) is 0 Å². The SMILES string of the molecule is CC.CCCC(C)(O)c1ccccc1. The zero-order valence-corrected chi connectivity index (χ0v) is 9.75. The molecule has 1 rings (SSSR count). The molecule has 0 aliphatic carbocycles. The summed E-state index contributed by atoms with van der Waals surface area (Å²) in [4.78, 5) is 0. The topological polar surface area (TPSA) is 20.2 Å². The monoisotopic (exact) mass is 194 g/mol. The summed E-state index contributed by atoms with van der Waals surface area (Å²) in [7, 11) is 0. The molecule has 1 aromatic rings. The van der Waals surface area contributed by atoms with E-state index in [1.165, 1.54) is 0 Å². The maximum absolute atomic E-state index is 9.99. The lowest BCUT2D eigenvalue weighted by Crippen LogP contribution is -2.20. The van der Waals surface area contributed by atoms with Gasteiger partial charge in [0.1, 0.15) is 0 Å². The minimum Gasteiger partial charge on any atom is -0.385 e. The van der Waals surface area contributed by atoms with Gasteiger partial charge in [-0.15, -0.1) is 0 Å². The van der Waals surface area contributed by atoms with Gasteiger partial charge < -0.3 is 5.11 Å². The van der Waals surface area contributed by atoms with Crippen LogP contribution in [0, 0.1) is 0 Å². The molecule has 1 nitrogen and oxygen atoms in total. The van der Waals surface area contributed by atoms with Crippen molar-refractivity contribution in [1.29, 1.82) is 0 Å². The largest absolute Gasteiger partial charge is 0.385 e. The van der Waals surface area contributed by atoms with Gasteiger partial charge in [0.15, 0.2) is 0 Å². The highest BCUT2D eigenvalue weighted by Gasteiger charge is 2.20. The predicted molar refractivity (Wildman–Crippen MR) is 62.3 cm³/mol. The van der Waals surface area contributed by atoms with Crippen molar-refractivity contribution in [3.8, 4) is 0 Å². The third-order valence-corrected chi connectivity index (χ3v) is 2.13. The molecule has 0 aliphatic rings. The number of hydrogen-bond acceptors (Lipinski definition) is 1. The van der Waals surface area contributed by atoms with Crippen LogP contribution in [0.4, 0.5) is 0 Å². The molecule has 1 aromatic carbocycles. The van der Waals surface area contributed by atoms with Gasteiger partial charge in [0.05, 0.1) is 5.60 Å². The second-order valence-electron chi connectivity index (χ2n) is 3.39. The first kappa shape index (κ1) is 13.2. The van der Waals surface area contributed by atoms with E-state index in [2.05, 4.69) is 6.92 Å². The van der Waals surface area contributed by atoms with E-state index in [9.17, 15) is 5.11 Å². The van der Waals surface area contributed by atoms with Crippen LogP contribution >= 0.6 is 0 Å². The highest BCUT2D eigenvalue weighted by atomic mass is 16.3. The second-order valence-corrected chi connectivity index (χ2v) is 3.39. The first-order chi connectivity index (χ1) is 6.67. The molecule has 0 radical (unpaired) electrons. The van der Waals surface area contributed by atoms with Crippen LogP contribution < -0.4 is 0 Å². The number of hydrogen-bond donors (Lipinski definition) is 1. The Morgan fingerprint density at radius 3 is 2.07 bits per heavy atom. The minimum atomic E-state index is -0.657. The van der Waals surface area contributed by atoms with Crippen molar-refractivity contribution < 1.29 is 5.11 Å². The molecule has 1 unspecified atom stereocenters. The fourth-order valence-corrected chi connectivity index (χ4v) is 1.43. The molecule has 0 saturated heterocycles. The predicted octanol–water partition coefficient (Wildman–Crippen LogP) is 3.72. The van der Waals surface area contributed by atoms with Crippen molar-refractivity contribution in [3.05, 3.63) is 35.9 Å². The van der Waals surface area contributed by atoms with Crippen LogP contribution in [0.1, 0.15) is 46.1 Å². The van der Waals surface area contributed by atoms with Crippen LogP contribution in [0.15, 0.2) is 30.3 Å². The number of aliphatic hydroxyl groups is 1. The molecule has 1 atom stereocenters. The molecule has 0 amide bonds. The maximum Gasteiger partial charge on any atom is 0.0868 e. The first-order valence-corrected chi connectivity index (χ1v) is 5.44. The van der Waals surface area contributed by atoms with E-state index in [1.54, 1.807) is 0 Å². The summed E-state index contributed by atoms with van der Waals surface area (Å²) in [6.45, 7) is 7.95. The van der Waals surface area contributed by atoms with Gasteiger partial charge in [-0.05, 0) is 18.9 Å². The van der Waals surface area contributed by atoms with Crippen molar-refractivity contribution in [2.24, 2.45) is 0 Å². The Hall–Kier alpha value is -0.820. The lowest BCUT2D eigenvalue weighted by molar-refractivity contribution is 0.0470. The second kappa shape index (κ2) is 6.61. The van der Waals surface area contributed by atoms with Crippen molar-refractivity contribution in [2.45, 2.75) is 46.1 Å². The van der Waals surface area contributed by atoms with E-state index in [0.717, 1.165) is 18.4 Å². The van der Waals surface area contributed by atoms with Gasteiger partial charge in [0.25, 0.3) is 0 Å². The normalized spacial score (nSPS) is 13.8. The summed E-state index contributed by atoms with van der Waals surface area (Å²) in [5, 5.41) is 9.99. The van der Waals surface area contributed by atoms with E-state index >= 15 is 0 Å². The molecule has 0 aliphatic heterocycles. The number of rotatable bonds is 3. The summed E-state index contributed by atoms with van der Waals surface area (Å²) in [6.07, 6.45) is 1.82. The third-order valence-electron chi connectivity index (χ3n) is 2.13. The van der Waals surface area contributed by atoms with Gasteiger partial charge in [-0.2, -0.15) is 0 Å². The summed E-state index contributed by atoms with van der Waals surface area (Å²) in [5.41, 5.74) is 0.350. The minimum absolute atomic E-state index is 0.657. The van der Waals surface area contributed by atoms with E-state index in [-0.39, 0.29) is 0 Å². The van der Waals surface area contributed by atoms with Crippen molar-refractivity contribution >= 4 is 0 Å². The quantitative estimate of drug-likeness (QED) is 0.777. The summed E-state index contributed by atoms with van der Waals surface area (Å²) >= 11 is 0. The smallest absolute Gasteiger partial charge is 0.0868 e. The Kier molecular flexibility index (Phi) is 6.22. The highest BCUT2D eigenvalue weighted by molar-refractivity contribution is 5.21. The molecule has 14 heavy (non-hydrogen) atoms. The molecule has 0 aromatic heterocycles. The fraction of sp³-hybridized carbons (Fsp3) is 0.538. The Balaban J connectivity index is 0.000000791. The Morgan fingerprint density at radius 1 is 1.14 bits per heavy atom.